The number of halogens is 1. The second-order valence-corrected chi connectivity index (χ2v) is 12.2. The third kappa shape index (κ3) is 4.88. The largest absolute Gasteiger partial charge is 0.504 e. The predicted octanol–water partition coefficient (Wildman–Crippen LogP) is 5.53. The molecule has 0 unspecified atom stereocenters. The summed E-state index contributed by atoms with van der Waals surface area (Å²) in [6.07, 6.45) is 1.55. The summed E-state index contributed by atoms with van der Waals surface area (Å²) < 4.78 is 42.1. The number of phenolic OH excluding ortho intramolecular Hbond substituents is 1. The maximum atomic E-state index is 13.1. The van der Waals surface area contributed by atoms with E-state index >= 15 is 0 Å². The summed E-state index contributed by atoms with van der Waals surface area (Å²) in [5.74, 6) is 1.92. The number of sulfonamides is 1. The molecule has 1 saturated heterocycles. The van der Waals surface area contributed by atoms with Gasteiger partial charge in [0.05, 0.1) is 28.5 Å². The highest BCUT2D eigenvalue weighted by Crippen LogP contribution is 2.42. The normalized spacial score (nSPS) is 16.0. The molecule has 12 heteroatoms. The molecule has 34 heavy (non-hydrogen) atoms. The molecule has 3 heterocycles. The highest BCUT2D eigenvalue weighted by molar-refractivity contribution is 7.89. The Balaban J connectivity index is 1.65. The van der Waals surface area contributed by atoms with Crippen molar-refractivity contribution < 1.29 is 17.9 Å². The van der Waals surface area contributed by atoms with Gasteiger partial charge in [0, 0.05) is 13.1 Å². The van der Waals surface area contributed by atoms with E-state index in [1.807, 2.05) is 19.1 Å². The molecule has 4 rings (SSSR count). The van der Waals surface area contributed by atoms with E-state index in [0.717, 1.165) is 36.1 Å². The second kappa shape index (κ2) is 9.37. The smallest absolute Gasteiger partial charge is 0.248 e. The Labute approximate surface area is 208 Å². The maximum Gasteiger partial charge on any atom is 0.248 e. The number of aromatic hydroxyl groups is 1. The van der Waals surface area contributed by atoms with Crippen molar-refractivity contribution in [2.75, 3.05) is 23.7 Å². The van der Waals surface area contributed by atoms with Crippen LogP contribution in [0.15, 0.2) is 33.6 Å². The molecule has 184 valence electrons. The van der Waals surface area contributed by atoms with Gasteiger partial charge in [-0.25, -0.2) is 8.42 Å². The third-order valence-corrected chi connectivity index (χ3v) is 8.61. The average Bonchev–Trinajstić information content (AvgIpc) is 3.50. The quantitative estimate of drug-likeness (QED) is 0.344. The first-order valence-electron chi connectivity index (χ1n) is 10.9. The number of hydrogen-bond donors (Lipinski definition) is 3. The Morgan fingerprint density at radius 2 is 1.82 bits per heavy atom. The Morgan fingerprint density at radius 1 is 1.15 bits per heavy atom. The van der Waals surface area contributed by atoms with Gasteiger partial charge in [-0.2, -0.15) is 13.1 Å². The SMILES string of the molecule is Cc1ccc([C@H](Nc2nsnc2Nc2ccc(Cl)c(S(=O)(=O)N3CCCC3)c2O)C(C)(C)C)o1. The van der Waals surface area contributed by atoms with E-state index < -0.39 is 15.8 Å². The Kier molecular flexibility index (Phi) is 6.83. The van der Waals surface area contributed by atoms with Crippen LogP contribution in [0.1, 0.15) is 51.2 Å². The number of hydrogen-bond acceptors (Lipinski definition) is 9. The van der Waals surface area contributed by atoms with E-state index in [0.29, 0.717) is 24.7 Å². The van der Waals surface area contributed by atoms with Gasteiger partial charge in [-0.3, -0.25) is 0 Å². The second-order valence-electron chi connectivity index (χ2n) is 9.36. The zero-order valence-electron chi connectivity index (χ0n) is 19.4. The maximum absolute atomic E-state index is 13.1. The van der Waals surface area contributed by atoms with Crippen molar-refractivity contribution in [3.05, 3.63) is 40.8 Å². The first-order valence-corrected chi connectivity index (χ1v) is 13.5. The first-order chi connectivity index (χ1) is 16.0. The molecule has 1 atom stereocenters. The molecule has 3 N–H and O–H groups in total. The molecule has 0 radical (unpaired) electrons. The molecule has 0 aliphatic carbocycles. The Hall–Kier alpha value is -2.34. The molecule has 1 aromatic carbocycles. The summed E-state index contributed by atoms with van der Waals surface area (Å²) in [6.45, 7) is 8.93. The van der Waals surface area contributed by atoms with Crippen LogP contribution in [0.4, 0.5) is 17.3 Å². The molecule has 1 aliphatic rings. The van der Waals surface area contributed by atoms with E-state index in [2.05, 4.69) is 40.2 Å². The van der Waals surface area contributed by atoms with Crippen LogP contribution in [-0.4, -0.2) is 39.7 Å². The number of rotatable bonds is 7. The molecular formula is C22H28ClN5O4S2. The van der Waals surface area contributed by atoms with Gasteiger partial charge in [0.1, 0.15) is 16.4 Å². The summed E-state index contributed by atoms with van der Waals surface area (Å²) in [5.41, 5.74) is -0.0519. The predicted molar refractivity (Wildman–Crippen MR) is 134 cm³/mol. The molecular weight excluding hydrogens is 498 g/mol. The lowest BCUT2D eigenvalue weighted by Gasteiger charge is -2.30. The number of nitrogens with one attached hydrogen (secondary N) is 2. The van der Waals surface area contributed by atoms with E-state index in [1.165, 1.54) is 16.4 Å². The minimum absolute atomic E-state index is 0.0364. The van der Waals surface area contributed by atoms with Crippen LogP contribution in [0, 0.1) is 12.3 Å². The van der Waals surface area contributed by atoms with Crippen molar-refractivity contribution in [3.8, 4) is 5.75 Å². The highest BCUT2D eigenvalue weighted by atomic mass is 35.5. The lowest BCUT2D eigenvalue weighted by atomic mass is 9.85. The Morgan fingerprint density at radius 3 is 2.44 bits per heavy atom. The van der Waals surface area contributed by atoms with Crippen LogP contribution >= 0.6 is 23.3 Å². The summed E-state index contributed by atoms with van der Waals surface area (Å²) in [5, 5.41) is 17.3. The van der Waals surface area contributed by atoms with E-state index in [9.17, 15) is 13.5 Å². The minimum atomic E-state index is -3.93. The molecule has 2 aromatic heterocycles. The van der Waals surface area contributed by atoms with Crippen LogP contribution in [0.5, 0.6) is 5.75 Å². The molecule has 0 amide bonds. The van der Waals surface area contributed by atoms with Gasteiger partial charge in [0.2, 0.25) is 10.0 Å². The van der Waals surface area contributed by atoms with Gasteiger partial charge in [-0.1, -0.05) is 32.4 Å². The van der Waals surface area contributed by atoms with Crippen molar-refractivity contribution in [2.45, 2.75) is 51.5 Å². The molecule has 1 fully saturated rings. The standard InChI is InChI=1S/C22H28ClN5O4S2/c1-13-7-10-16(32-13)19(22(2,3)4)25-21-20(26-33-27-21)24-15-9-8-14(23)18(17(15)29)34(30,31)28-11-5-6-12-28/h7-10,19,29H,5-6,11-12H2,1-4H3,(H,24,26)(H,25,27)/t19-/m0/s1. The fourth-order valence-corrected chi connectivity index (χ4v) is 6.49. The van der Waals surface area contributed by atoms with Crippen LogP contribution in [-0.2, 0) is 10.0 Å². The molecule has 0 spiro atoms. The van der Waals surface area contributed by atoms with E-state index in [-0.39, 0.29) is 27.1 Å². The number of nitrogens with zero attached hydrogens (tertiary/aromatic N) is 3. The van der Waals surface area contributed by atoms with Gasteiger partial charge < -0.3 is 20.2 Å². The van der Waals surface area contributed by atoms with Crippen molar-refractivity contribution in [3.63, 3.8) is 0 Å². The topological polar surface area (TPSA) is 121 Å². The monoisotopic (exact) mass is 525 g/mol. The molecule has 3 aromatic rings. The minimum Gasteiger partial charge on any atom is -0.504 e. The molecule has 9 nitrogen and oxygen atoms in total. The van der Waals surface area contributed by atoms with E-state index in [4.69, 9.17) is 16.0 Å². The zero-order chi connectivity index (χ0) is 24.7. The number of phenols is 1. The fourth-order valence-electron chi connectivity index (χ4n) is 3.90. The Bertz CT molecular complexity index is 1280. The molecule has 0 saturated carbocycles. The molecule has 0 bridgehead atoms. The van der Waals surface area contributed by atoms with Crippen LogP contribution in [0.2, 0.25) is 5.02 Å². The van der Waals surface area contributed by atoms with Gasteiger partial charge >= 0.3 is 0 Å². The number of aromatic nitrogens is 2. The number of benzene rings is 1. The first kappa shape index (κ1) is 24.8. The summed E-state index contributed by atoms with van der Waals surface area (Å²) in [7, 11) is -3.93. The van der Waals surface area contributed by atoms with Crippen LogP contribution in [0.25, 0.3) is 0 Å². The van der Waals surface area contributed by atoms with Crippen molar-refractivity contribution >= 4 is 50.7 Å². The third-order valence-electron chi connectivity index (χ3n) is 5.68. The number of aryl methyl sites for hydroxylation is 1. The molecule has 1 aliphatic heterocycles. The van der Waals surface area contributed by atoms with Gasteiger partial charge in [0.25, 0.3) is 0 Å². The number of anilines is 3. The zero-order valence-corrected chi connectivity index (χ0v) is 21.8. The highest BCUT2D eigenvalue weighted by Gasteiger charge is 2.34. The van der Waals surface area contributed by atoms with E-state index in [1.54, 1.807) is 0 Å². The summed E-state index contributed by atoms with van der Waals surface area (Å²) in [4.78, 5) is -0.308. The van der Waals surface area contributed by atoms with Gasteiger partial charge in [0.15, 0.2) is 17.4 Å². The lowest BCUT2D eigenvalue weighted by molar-refractivity contribution is 0.300. The lowest BCUT2D eigenvalue weighted by Crippen LogP contribution is -2.28. The van der Waals surface area contributed by atoms with Gasteiger partial charge in [-0.15, -0.1) is 0 Å². The van der Waals surface area contributed by atoms with Crippen LogP contribution < -0.4 is 10.6 Å². The summed E-state index contributed by atoms with van der Waals surface area (Å²) >= 11 is 7.21. The number of furan rings is 1. The van der Waals surface area contributed by atoms with Crippen LogP contribution in [0.3, 0.4) is 0 Å². The van der Waals surface area contributed by atoms with Gasteiger partial charge in [-0.05, 0) is 49.4 Å². The van der Waals surface area contributed by atoms with Crippen molar-refractivity contribution in [1.82, 2.24) is 13.1 Å². The summed E-state index contributed by atoms with van der Waals surface area (Å²) in [6, 6.07) is 6.58. The van der Waals surface area contributed by atoms with Crippen molar-refractivity contribution in [2.24, 2.45) is 5.41 Å². The average molecular weight is 526 g/mol. The van der Waals surface area contributed by atoms with Crippen molar-refractivity contribution in [1.29, 1.82) is 0 Å². The fraction of sp³-hybridized carbons (Fsp3) is 0.455.